The van der Waals surface area contributed by atoms with Crippen molar-refractivity contribution in [2.45, 2.75) is 26.2 Å². The average Bonchev–Trinajstić information content (AvgIpc) is 3.40. The van der Waals surface area contributed by atoms with Crippen LogP contribution in [0.15, 0.2) is 42.5 Å². The summed E-state index contributed by atoms with van der Waals surface area (Å²) >= 11 is 0. The number of aromatic nitrogens is 1. The number of rotatable bonds is 3. The number of benzene rings is 2. The molecule has 0 radical (unpaired) electrons. The Bertz CT molecular complexity index is 1400. The van der Waals surface area contributed by atoms with E-state index in [9.17, 15) is 18.8 Å². The van der Waals surface area contributed by atoms with Crippen molar-refractivity contribution in [2.24, 2.45) is 5.92 Å². The first-order chi connectivity index (χ1) is 16.4. The van der Waals surface area contributed by atoms with E-state index in [0.29, 0.717) is 40.9 Å². The molecule has 0 fully saturated rings. The van der Waals surface area contributed by atoms with Gasteiger partial charge in [-0.3, -0.25) is 19.3 Å². The predicted octanol–water partition coefficient (Wildman–Crippen LogP) is 4.36. The Morgan fingerprint density at radius 1 is 1.06 bits per heavy atom. The Morgan fingerprint density at radius 3 is 2.53 bits per heavy atom. The second kappa shape index (κ2) is 7.52. The predicted molar refractivity (Wildman–Crippen MR) is 126 cm³/mol. The maximum Gasteiger partial charge on any atom is 0.261 e. The second-order valence-corrected chi connectivity index (χ2v) is 9.20. The molecular formula is C27H22FN3O3. The number of carbonyl (C=O) groups is 3. The molecule has 1 aliphatic carbocycles. The molecule has 6 rings (SSSR count). The molecule has 0 spiro atoms. The van der Waals surface area contributed by atoms with E-state index in [1.807, 2.05) is 6.92 Å². The van der Waals surface area contributed by atoms with E-state index in [1.165, 1.54) is 22.6 Å². The van der Waals surface area contributed by atoms with Crippen molar-refractivity contribution in [3.63, 3.8) is 0 Å². The SMILES string of the molecule is Cc1c(C=C2C(=O)Nc3ccc(F)cc32)[nH]c2c1CCC(CN1C(=O)c3ccccc3C1=O)C2. The van der Waals surface area contributed by atoms with Gasteiger partial charge >= 0.3 is 0 Å². The van der Waals surface area contributed by atoms with Crippen LogP contribution in [-0.4, -0.2) is 34.2 Å². The standard InChI is InChI=1S/C27H22FN3O3/c1-14-17-8-6-15(13-31-26(33)18-4-2-3-5-19(18)27(31)34)10-24(17)29-23(14)12-21-20-11-16(28)7-9-22(20)30-25(21)32/h2-5,7,9,11-12,15,29H,6,8,10,13H2,1H3,(H,30,32). The van der Waals surface area contributed by atoms with Crippen LogP contribution >= 0.6 is 0 Å². The molecule has 2 N–H and O–H groups in total. The molecular weight excluding hydrogens is 433 g/mol. The van der Waals surface area contributed by atoms with E-state index < -0.39 is 0 Å². The zero-order valence-electron chi connectivity index (χ0n) is 18.6. The Balaban J connectivity index is 1.25. The fourth-order valence-electron chi connectivity index (χ4n) is 5.38. The normalized spacial score (nSPS) is 19.9. The lowest BCUT2D eigenvalue weighted by Crippen LogP contribution is -2.36. The molecule has 3 amide bonds. The highest BCUT2D eigenvalue weighted by Gasteiger charge is 2.37. The van der Waals surface area contributed by atoms with E-state index in [-0.39, 0.29) is 29.5 Å². The molecule has 3 heterocycles. The molecule has 170 valence electrons. The number of hydrogen-bond acceptors (Lipinski definition) is 3. The molecule has 0 saturated carbocycles. The maximum atomic E-state index is 13.8. The molecule has 2 aromatic carbocycles. The van der Waals surface area contributed by atoms with E-state index in [4.69, 9.17) is 0 Å². The Hall–Kier alpha value is -4.00. The number of nitrogens with zero attached hydrogens (tertiary/aromatic N) is 1. The summed E-state index contributed by atoms with van der Waals surface area (Å²) in [4.78, 5) is 42.9. The number of carbonyl (C=O) groups excluding carboxylic acids is 3. The summed E-state index contributed by atoms with van der Waals surface area (Å²) in [5.41, 5.74) is 6.71. The van der Waals surface area contributed by atoms with Gasteiger partial charge in [-0.05, 0) is 79.6 Å². The number of aromatic amines is 1. The molecule has 0 saturated heterocycles. The number of amides is 3. The minimum atomic E-state index is -0.389. The fraction of sp³-hybridized carbons (Fsp3) is 0.222. The lowest BCUT2D eigenvalue weighted by atomic mass is 9.86. The van der Waals surface area contributed by atoms with Crippen LogP contribution in [-0.2, 0) is 17.6 Å². The van der Waals surface area contributed by atoms with Crippen molar-refractivity contribution in [2.75, 3.05) is 11.9 Å². The average molecular weight is 455 g/mol. The maximum absolute atomic E-state index is 13.8. The van der Waals surface area contributed by atoms with Gasteiger partial charge in [0, 0.05) is 29.2 Å². The van der Waals surface area contributed by atoms with Gasteiger partial charge in [0.15, 0.2) is 0 Å². The Labute approximate surface area is 195 Å². The van der Waals surface area contributed by atoms with Crippen LogP contribution in [0.1, 0.15) is 55.2 Å². The summed E-state index contributed by atoms with van der Waals surface area (Å²) in [5.74, 6) is -0.941. The fourth-order valence-corrected chi connectivity index (χ4v) is 5.38. The van der Waals surface area contributed by atoms with Gasteiger partial charge in [-0.1, -0.05) is 12.1 Å². The third kappa shape index (κ3) is 3.11. The molecule has 0 bridgehead atoms. The van der Waals surface area contributed by atoms with Gasteiger partial charge in [0.2, 0.25) is 0 Å². The summed E-state index contributed by atoms with van der Waals surface area (Å²) in [5, 5.41) is 2.78. The van der Waals surface area contributed by atoms with Gasteiger partial charge in [-0.25, -0.2) is 4.39 Å². The molecule has 2 aliphatic heterocycles. The van der Waals surface area contributed by atoms with Gasteiger partial charge in [0.05, 0.1) is 16.7 Å². The Morgan fingerprint density at radius 2 is 1.79 bits per heavy atom. The van der Waals surface area contributed by atoms with Crippen LogP contribution in [0, 0.1) is 18.7 Å². The molecule has 1 unspecified atom stereocenters. The number of halogens is 1. The monoisotopic (exact) mass is 455 g/mol. The van der Waals surface area contributed by atoms with E-state index >= 15 is 0 Å². The van der Waals surface area contributed by atoms with Crippen LogP contribution in [0.4, 0.5) is 10.1 Å². The first kappa shape index (κ1) is 20.6. The van der Waals surface area contributed by atoms with Gasteiger partial charge in [0.25, 0.3) is 17.7 Å². The number of anilines is 1. The molecule has 3 aromatic rings. The molecule has 34 heavy (non-hydrogen) atoms. The lowest BCUT2D eigenvalue weighted by molar-refractivity contribution is -0.110. The van der Waals surface area contributed by atoms with Crippen LogP contribution in [0.3, 0.4) is 0 Å². The minimum Gasteiger partial charge on any atom is -0.358 e. The summed E-state index contributed by atoms with van der Waals surface area (Å²) in [6.07, 6.45) is 4.19. The zero-order valence-corrected chi connectivity index (χ0v) is 18.6. The van der Waals surface area contributed by atoms with Crippen molar-refractivity contribution in [3.05, 3.63) is 87.5 Å². The molecule has 6 nitrogen and oxygen atoms in total. The van der Waals surface area contributed by atoms with Crippen LogP contribution in [0.2, 0.25) is 0 Å². The number of H-pyrrole nitrogens is 1. The Kier molecular flexibility index (Phi) is 4.55. The van der Waals surface area contributed by atoms with Gasteiger partial charge in [-0.15, -0.1) is 0 Å². The molecule has 3 aliphatic rings. The number of imide groups is 1. The number of hydrogen-bond donors (Lipinski definition) is 2. The quantitative estimate of drug-likeness (QED) is 0.455. The van der Waals surface area contributed by atoms with Crippen LogP contribution < -0.4 is 5.32 Å². The molecule has 1 aromatic heterocycles. The van der Waals surface area contributed by atoms with E-state index in [2.05, 4.69) is 10.3 Å². The van der Waals surface area contributed by atoms with Gasteiger partial charge in [0.1, 0.15) is 5.82 Å². The van der Waals surface area contributed by atoms with Crippen LogP contribution in [0.5, 0.6) is 0 Å². The largest absolute Gasteiger partial charge is 0.358 e. The van der Waals surface area contributed by atoms with Gasteiger partial charge in [-0.2, -0.15) is 0 Å². The van der Waals surface area contributed by atoms with E-state index in [0.717, 1.165) is 29.8 Å². The first-order valence-corrected chi connectivity index (χ1v) is 11.4. The summed E-state index contributed by atoms with van der Waals surface area (Å²) in [6, 6.07) is 11.2. The number of nitrogens with one attached hydrogen (secondary N) is 2. The van der Waals surface area contributed by atoms with Crippen molar-refractivity contribution in [3.8, 4) is 0 Å². The van der Waals surface area contributed by atoms with Crippen LogP contribution in [0.25, 0.3) is 11.6 Å². The summed E-state index contributed by atoms with van der Waals surface area (Å²) in [6.45, 7) is 2.40. The zero-order chi connectivity index (χ0) is 23.6. The summed E-state index contributed by atoms with van der Waals surface area (Å²) < 4.78 is 13.8. The smallest absolute Gasteiger partial charge is 0.261 e. The minimum absolute atomic E-state index is 0.151. The first-order valence-electron chi connectivity index (χ1n) is 11.4. The molecule has 7 heteroatoms. The third-order valence-corrected chi connectivity index (χ3v) is 7.17. The summed E-state index contributed by atoms with van der Waals surface area (Å²) in [7, 11) is 0. The van der Waals surface area contributed by atoms with E-state index in [1.54, 1.807) is 36.4 Å². The second-order valence-electron chi connectivity index (χ2n) is 9.20. The molecule has 1 atom stereocenters. The van der Waals surface area contributed by atoms with Crippen molar-refractivity contribution >= 4 is 35.1 Å². The van der Waals surface area contributed by atoms with Crippen molar-refractivity contribution in [1.82, 2.24) is 9.88 Å². The van der Waals surface area contributed by atoms with Crippen molar-refractivity contribution in [1.29, 1.82) is 0 Å². The highest BCUT2D eigenvalue weighted by atomic mass is 19.1. The van der Waals surface area contributed by atoms with Gasteiger partial charge < -0.3 is 10.3 Å². The topological polar surface area (TPSA) is 82.3 Å². The lowest BCUT2D eigenvalue weighted by Gasteiger charge is -2.26. The third-order valence-electron chi connectivity index (χ3n) is 7.17. The highest BCUT2D eigenvalue weighted by Crippen LogP contribution is 2.36. The number of fused-ring (bicyclic) bond motifs is 3. The van der Waals surface area contributed by atoms with Crippen molar-refractivity contribution < 1.29 is 18.8 Å². The highest BCUT2D eigenvalue weighted by molar-refractivity contribution is 6.34.